The zero-order valence-electron chi connectivity index (χ0n) is 10.6. The number of halogens is 1. The van der Waals surface area contributed by atoms with Crippen LogP contribution in [-0.2, 0) is 0 Å². The van der Waals surface area contributed by atoms with Crippen molar-refractivity contribution in [2.24, 2.45) is 0 Å². The molecule has 0 saturated carbocycles. The zero-order chi connectivity index (χ0) is 13.8. The van der Waals surface area contributed by atoms with E-state index in [-0.39, 0.29) is 5.78 Å². The first-order valence-corrected chi connectivity index (χ1v) is 6.48. The molecule has 0 N–H and O–H groups in total. The molecule has 0 atom stereocenters. The van der Waals surface area contributed by atoms with Gasteiger partial charge in [-0.05, 0) is 30.3 Å². The molecule has 0 amide bonds. The lowest BCUT2D eigenvalue weighted by Gasteiger charge is -2.09. The molecule has 4 heteroatoms. The fraction of sp³-hybridized carbons (Fsp3) is 0.133. The van der Waals surface area contributed by atoms with E-state index in [1.165, 1.54) is 0 Å². The highest BCUT2D eigenvalue weighted by Crippen LogP contribution is 2.28. The van der Waals surface area contributed by atoms with Crippen LogP contribution in [0.1, 0.15) is 15.9 Å². The third-order valence-electron chi connectivity index (χ3n) is 2.77. The second kappa shape index (κ2) is 5.89. The lowest BCUT2D eigenvalue weighted by Crippen LogP contribution is -2.05. The number of para-hydroxylation sites is 1. The van der Waals surface area contributed by atoms with Gasteiger partial charge in [-0.15, -0.1) is 0 Å². The van der Waals surface area contributed by atoms with Crippen LogP contribution in [0.25, 0.3) is 0 Å². The summed E-state index contributed by atoms with van der Waals surface area (Å²) in [4.78, 5) is 12.5. The van der Waals surface area contributed by atoms with Gasteiger partial charge < -0.3 is 9.47 Å². The van der Waals surface area contributed by atoms with Gasteiger partial charge in [0.1, 0.15) is 11.5 Å². The maximum absolute atomic E-state index is 12.5. The summed E-state index contributed by atoms with van der Waals surface area (Å²) < 4.78 is 11.1. The van der Waals surface area contributed by atoms with E-state index in [4.69, 9.17) is 9.47 Å². The first-order valence-electron chi connectivity index (χ1n) is 5.68. The summed E-state index contributed by atoms with van der Waals surface area (Å²) in [5.74, 6) is 1.09. The van der Waals surface area contributed by atoms with Crippen LogP contribution < -0.4 is 9.47 Å². The number of carbonyl (C=O) groups is 1. The predicted molar refractivity (Wildman–Crippen MR) is 77.1 cm³/mol. The number of carbonyl (C=O) groups excluding carboxylic acids is 1. The normalized spacial score (nSPS) is 10.1. The highest BCUT2D eigenvalue weighted by Gasteiger charge is 2.17. The molecule has 3 nitrogen and oxygen atoms in total. The molecular weight excluding hydrogens is 308 g/mol. The SMILES string of the molecule is COc1ccc(Br)c(C(=O)c2ccccc2OC)c1. The van der Waals surface area contributed by atoms with E-state index in [1.807, 2.05) is 12.1 Å². The van der Waals surface area contributed by atoms with Crippen LogP contribution in [0, 0.1) is 0 Å². The number of hydrogen-bond acceptors (Lipinski definition) is 3. The molecule has 0 aliphatic rings. The van der Waals surface area contributed by atoms with Crippen molar-refractivity contribution in [3.8, 4) is 11.5 Å². The second-order valence-corrected chi connectivity index (χ2v) is 4.73. The Balaban J connectivity index is 2.49. The van der Waals surface area contributed by atoms with Gasteiger partial charge in [0.2, 0.25) is 0 Å². The molecule has 2 aromatic carbocycles. The van der Waals surface area contributed by atoms with E-state index in [0.717, 1.165) is 4.47 Å². The van der Waals surface area contributed by atoms with Crippen molar-refractivity contribution in [1.82, 2.24) is 0 Å². The summed E-state index contributed by atoms with van der Waals surface area (Å²) in [6, 6.07) is 12.4. The van der Waals surface area contributed by atoms with Gasteiger partial charge >= 0.3 is 0 Å². The minimum atomic E-state index is -0.108. The molecule has 19 heavy (non-hydrogen) atoms. The lowest BCUT2D eigenvalue weighted by atomic mass is 10.0. The van der Waals surface area contributed by atoms with Gasteiger partial charge in [0.05, 0.1) is 19.8 Å². The molecule has 0 fully saturated rings. The molecule has 0 aliphatic carbocycles. The average molecular weight is 321 g/mol. The van der Waals surface area contributed by atoms with Gasteiger partial charge in [-0.3, -0.25) is 4.79 Å². The van der Waals surface area contributed by atoms with Gasteiger partial charge in [0.25, 0.3) is 0 Å². The van der Waals surface area contributed by atoms with E-state index in [1.54, 1.807) is 44.6 Å². The third-order valence-corrected chi connectivity index (χ3v) is 3.46. The van der Waals surface area contributed by atoms with E-state index >= 15 is 0 Å². The molecule has 0 bridgehead atoms. The number of benzene rings is 2. The Hall–Kier alpha value is -1.81. The van der Waals surface area contributed by atoms with Crippen LogP contribution in [0.15, 0.2) is 46.9 Å². The van der Waals surface area contributed by atoms with Crippen molar-refractivity contribution in [3.05, 3.63) is 58.1 Å². The summed E-state index contributed by atoms with van der Waals surface area (Å²) in [5, 5.41) is 0. The first-order chi connectivity index (χ1) is 9.17. The molecule has 0 saturated heterocycles. The van der Waals surface area contributed by atoms with Crippen LogP contribution in [-0.4, -0.2) is 20.0 Å². The molecule has 2 aromatic rings. The largest absolute Gasteiger partial charge is 0.497 e. The third kappa shape index (κ3) is 2.79. The number of rotatable bonds is 4. The maximum Gasteiger partial charge on any atom is 0.198 e. The summed E-state index contributed by atoms with van der Waals surface area (Å²) in [7, 11) is 3.12. The molecule has 0 aromatic heterocycles. The number of ketones is 1. The van der Waals surface area contributed by atoms with Crippen molar-refractivity contribution < 1.29 is 14.3 Å². The van der Waals surface area contributed by atoms with Crippen molar-refractivity contribution in [2.75, 3.05) is 14.2 Å². The Labute approximate surface area is 120 Å². The van der Waals surface area contributed by atoms with Gasteiger partial charge in [-0.25, -0.2) is 0 Å². The Morgan fingerprint density at radius 1 is 1.00 bits per heavy atom. The Morgan fingerprint density at radius 2 is 1.74 bits per heavy atom. The van der Waals surface area contributed by atoms with Crippen molar-refractivity contribution in [3.63, 3.8) is 0 Å². The number of ether oxygens (including phenoxy) is 2. The van der Waals surface area contributed by atoms with E-state index in [2.05, 4.69) is 15.9 Å². The molecule has 0 heterocycles. The Bertz CT molecular complexity index is 608. The van der Waals surface area contributed by atoms with Gasteiger partial charge in [0.15, 0.2) is 5.78 Å². The number of hydrogen-bond donors (Lipinski definition) is 0. The fourth-order valence-corrected chi connectivity index (χ4v) is 2.21. The highest BCUT2D eigenvalue weighted by molar-refractivity contribution is 9.10. The summed E-state index contributed by atoms with van der Waals surface area (Å²) in [6.07, 6.45) is 0. The van der Waals surface area contributed by atoms with Crippen LogP contribution in [0.4, 0.5) is 0 Å². The minimum Gasteiger partial charge on any atom is -0.497 e. The van der Waals surface area contributed by atoms with E-state index < -0.39 is 0 Å². The standard InChI is InChI=1S/C15H13BrO3/c1-18-10-7-8-13(16)12(9-10)15(17)11-5-3-4-6-14(11)19-2/h3-9H,1-2H3. The van der Waals surface area contributed by atoms with Crippen LogP contribution in [0.5, 0.6) is 11.5 Å². The summed E-state index contributed by atoms with van der Waals surface area (Å²) >= 11 is 3.39. The smallest absolute Gasteiger partial charge is 0.198 e. The van der Waals surface area contributed by atoms with Crippen molar-refractivity contribution in [2.45, 2.75) is 0 Å². The second-order valence-electron chi connectivity index (χ2n) is 3.88. The van der Waals surface area contributed by atoms with Crippen molar-refractivity contribution >= 4 is 21.7 Å². The molecule has 0 aliphatic heterocycles. The van der Waals surface area contributed by atoms with E-state index in [9.17, 15) is 4.79 Å². The Morgan fingerprint density at radius 3 is 2.42 bits per heavy atom. The van der Waals surface area contributed by atoms with Gasteiger partial charge in [-0.2, -0.15) is 0 Å². The predicted octanol–water partition coefficient (Wildman–Crippen LogP) is 3.70. The van der Waals surface area contributed by atoms with Gasteiger partial charge in [-0.1, -0.05) is 28.1 Å². The molecule has 0 radical (unpaired) electrons. The van der Waals surface area contributed by atoms with Crippen LogP contribution >= 0.6 is 15.9 Å². The highest BCUT2D eigenvalue weighted by atomic mass is 79.9. The van der Waals surface area contributed by atoms with Gasteiger partial charge in [0, 0.05) is 10.0 Å². The first kappa shape index (κ1) is 13.6. The lowest BCUT2D eigenvalue weighted by molar-refractivity contribution is 0.103. The summed E-state index contributed by atoms with van der Waals surface area (Å²) in [5.41, 5.74) is 1.07. The monoisotopic (exact) mass is 320 g/mol. The van der Waals surface area contributed by atoms with E-state index in [0.29, 0.717) is 22.6 Å². The maximum atomic E-state index is 12.5. The average Bonchev–Trinajstić information content (AvgIpc) is 2.47. The summed E-state index contributed by atoms with van der Waals surface area (Å²) in [6.45, 7) is 0. The minimum absolute atomic E-state index is 0.108. The zero-order valence-corrected chi connectivity index (χ0v) is 12.2. The Kier molecular flexibility index (Phi) is 4.22. The topological polar surface area (TPSA) is 35.5 Å². The quantitative estimate of drug-likeness (QED) is 0.806. The van der Waals surface area contributed by atoms with Crippen molar-refractivity contribution in [1.29, 1.82) is 0 Å². The number of methoxy groups -OCH3 is 2. The molecule has 98 valence electrons. The molecular formula is C15H13BrO3. The fourth-order valence-electron chi connectivity index (χ4n) is 1.78. The van der Waals surface area contributed by atoms with Crippen LogP contribution in [0.3, 0.4) is 0 Å². The molecule has 0 spiro atoms. The molecule has 2 rings (SSSR count). The molecule has 0 unspecified atom stereocenters. The van der Waals surface area contributed by atoms with Crippen LogP contribution in [0.2, 0.25) is 0 Å².